The van der Waals surface area contributed by atoms with E-state index < -0.39 is 0 Å². The SMILES string of the molecule is COC(=O)c1ccc(C[N+]2=C(CC=Nc3ccccc3)C(C)(C)c3c2ccc2ccccc32)cc1. The number of carbonyl (C=O) groups excluding carboxylic acids is 1. The molecule has 0 aromatic heterocycles. The second kappa shape index (κ2) is 9.30. The summed E-state index contributed by atoms with van der Waals surface area (Å²) in [7, 11) is 1.40. The largest absolute Gasteiger partial charge is 0.465 e. The zero-order valence-electron chi connectivity index (χ0n) is 20.4. The summed E-state index contributed by atoms with van der Waals surface area (Å²) in [6.45, 7) is 5.33. The van der Waals surface area contributed by atoms with Crippen LogP contribution in [0.4, 0.5) is 11.4 Å². The van der Waals surface area contributed by atoms with Crippen molar-refractivity contribution in [2.45, 2.75) is 32.2 Å². The predicted molar refractivity (Wildman–Crippen MR) is 143 cm³/mol. The van der Waals surface area contributed by atoms with Gasteiger partial charge in [0, 0.05) is 23.4 Å². The van der Waals surface area contributed by atoms with Crippen molar-refractivity contribution < 1.29 is 14.1 Å². The first-order chi connectivity index (χ1) is 17.0. The van der Waals surface area contributed by atoms with E-state index in [2.05, 4.69) is 54.8 Å². The topological polar surface area (TPSA) is 41.7 Å². The second-order valence-electron chi connectivity index (χ2n) is 9.38. The van der Waals surface area contributed by atoms with E-state index in [9.17, 15) is 4.79 Å². The Morgan fingerprint density at radius 2 is 1.63 bits per heavy atom. The van der Waals surface area contributed by atoms with Crippen LogP contribution >= 0.6 is 0 Å². The lowest BCUT2D eigenvalue weighted by molar-refractivity contribution is -0.456. The lowest BCUT2D eigenvalue weighted by Crippen LogP contribution is -2.29. The minimum atomic E-state index is -0.319. The number of hydrogen-bond donors (Lipinski definition) is 0. The van der Waals surface area contributed by atoms with Crippen LogP contribution in [-0.4, -0.2) is 29.6 Å². The lowest BCUT2D eigenvalue weighted by atomic mass is 9.78. The summed E-state index contributed by atoms with van der Waals surface area (Å²) in [6.07, 6.45) is 2.76. The number of esters is 1. The molecular weight excluding hydrogens is 432 g/mol. The molecule has 4 aromatic carbocycles. The van der Waals surface area contributed by atoms with E-state index in [1.807, 2.05) is 60.8 Å². The number of aliphatic imine (C=N–C) groups is 1. The zero-order chi connectivity index (χ0) is 24.4. The molecule has 1 aliphatic heterocycles. The molecule has 4 nitrogen and oxygen atoms in total. The average Bonchev–Trinajstić information content (AvgIpc) is 3.10. The Morgan fingerprint density at radius 3 is 2.37 bits per heavy atom. The average molecular weight is 462 g/mol. The van der Waals surface area contributed by atoms with Gasteiger partial charge in [0.05, 0.1) is 30.2 Å². The molecule has 4 aromatic rings. The molecule has 0 amide bonds. The zero-order valence-corrected chi connectivity index (χ0v) is 20.4. The first kappa shape index (κ1) is 22.7. The molecule has 0 bridgehead atoms. The predicted octanol–water partition coefficient (Wildman–Crippen LogP) is 7.00. The van der Waals surface area contributed by atoms with Gasteiger partial charge in [-0.15, -0.1) is 0 Å². The molecule has 1 aliphatic rings. The highest BCUT2D eigenvalue weighted by molar-refractivity contribution is 6.07. The Kier molecular flexibility index (Phi) is 6.04. The second-order valence-corrected chi connectivity index (χ2v) is 9.38. The normalized spacial score (nSPS) is 14.5. The van der Waals surface area contributed by atoms with E-state index >= 15 is 0 Å². The maximum Gasteiger partial charge on any atom is 0.337 e. The highest BCUT2D eigenvalue weighted by Gasteiger charge is 2.46. The monoisotopic (exact) mass is 461 g/mol. The maximum absolute atomic E-state index is 11.9. The highest BCUT2D eigenvalue weighted by atomic mass is 16.5. The molecule has 0 unspecified atom stereocenters. The van der Waals surface area contributed by atoms with Crippen LogP contribution in [0.2, 0.25) is 0 Å². The van der Waals surface area contributed by atoms with Crippen LogP contribution in [0, 0.1) is 0 Å². The van der Waals surface area contributed by atoms with Gasteiger partial charge in [-0.2, -0.15) is 4.58 Å². The van der Waals surface area contributed by atoms with E-state index in [0.29, 0.717) is 12.1 Å². The fourth-order valence-corrected chi connectivity index (χ4v) is 5.11. The number of ether oxygens (including phenoxy) is 1. The number of methoxy groups -OCH3 is 1. The molecule has 0 aliphatic carbocycles. The summed E-state index contributed by atoms with van der Waals surface area (Å²) in [4.78, 5) is 16.6. The molecule has 0 saturated carbocycles. The molecule has 0 N–H and O–H groups in total. The summed E-state index contributed by atoms with van der Waals surface area (Å²) in [5.74, 6) is -0.319. The number of hydrogen-bond acceptors (Lipinski definition) is 3. The number of fused-ring (bicyclic) bond motifs is 3. The Labute approximate surface area is 206 Å². The van der Waals surface area contributed by atoms with Crippen molar-refractivity contribution in [1.82, 2.24) is 0 Å². The van der Waals surface area contributed by atoms with Gasteiger partial charge in [-0.25, -0.2) is 4.79 Å². The van der Waals surface area contributed by atoms with E-state index in [4.69, 9.17) is 9.73 Å². The van der Waals surface area contributed by atoms with Crippen LogP contribution < -0.4 is 0 Å². The Morgan fingerprint density at radius 1 is 0.914 bits per heavy atom. The van der Waals surface area contributed by atoms with E-state index in [1.165, 1.54) is 34.8 Å². The summed E-state index contributed by atoms with van der Waals surface area (Å²) in [6, 6.07) is 30.8. The standard InChI is InChI=1S/C31H29N2O2/c1-31(2)28(19-20-32-25-10-5-4-6-11-25)33(21-22-13-15-24(16-14-22)30(34)35-3)27-18-17-23-9-7-8-12-26(23)29(27)31/h4-18,20H,19,21H2,1-3H3/q+1. The van der Waals surface area contributed by atoms with Crippen molar-refractivity contribution in [2.75, 3.05) is 7.11 Å². The maximum atomic E-state index is 11.9. The molecule has 0 spiro atoms. The molecule has 0 saturated heterocycles. The fourth-order valence-electron chi connectivity index (χ4n) is 5.11. The Bertz CT molecular complexity index is 1450. The molecular formula is C31H29N2O2+. The molecule has 35 heavy (non-hydrogen) atoms. The fraction of sp³-hybridized carbons (Fsp3) is 0.194. The third-order valence-corrected chi connectivity index (χ3v) is 6.87. The third kappa shape index (κ3) is 4.28. The van der Waals surface area contributed by atoms with Gasteiger partial charge in [0.25, 0.3) is 0 Å². The molecule has 5 rings (SSSR count). The first-order valence-electron chi connectivity index (χ1n) is 11.9. The van der Waals surface area contributed by atoms with Gasteiger partial charge in [0.1, 0.15) is 0 Å². The van der Waals surface area contributed by atoms with Crippen molar-refractivity contribution in [1.29, 1.82) is 0 Å². The minimum absolute atomic E-state index is 0.162. The van der Waals surface area contributed by atoms with Crippen molar-refractivity contribution in [2.24, 2.45) is 4.99 Å². The minimum Gasteiger partial charge on any atom is -0.465 e. The van der Waals surface area contributed by atoms with Crippen molar-refractivity contribution in [3.63, 3.8) is 0 Å². The number of nitrogens with zero attached hydrogens (tertiary/aromatic N) is 2. The van der Waals surface area contributed by atoms with Gasteiger partial charge < -0.3 is 4.74 Å². The Balaban J connectivity index is 1.58. The summed E-state index contributed by atoms with van der Waals surface area (Å²) >= 11 is 0. The van der Waals surface area contributed by atoms with Gasteiger partial charge in [-0.1, -0.05) is 54.6 Å². The molecule has 0 fully saturated rings. The smallest absolute Gasteiger partial charge is 0.337 e. The van der Waals surface area contributed by atoms with E-state index in [-0.39, 0.29) is 11.4 Å². The van der Waals surface area contributed by atoms with Gasteiger partial charge in [-0.05, 0) is 55.0 Å². The van der Waals surface area contributed by atoms with Crippen molar-refractivity contribution in [3.8, 4) is 0 Å². The molecule has 0 atom stereocenters. The molecule has 1 heterocycles. The van der Waals surface area contributed by atoms with Crippen LogP contribution in [0.5, 0.6) is 0 Å². The summed E-state index contributed by atoms with van der Waals surface area (Å²) in [5, 5.41) is 2.54. The third-order valence-electron chi connectivity index (χ3n) is 6.87. The van der Waals surface area contributed by atoms with E-state index in [0.717, 1.165) is 17.7 Å². The summed E-state index contributed by atoms with van der Waals surface area (Å²) in [5.41, 5.74) is 6.37. The van der Waals surface area contributed by atoms with Gasteiger partial charge in [0.2, 0.25) is 5.69 Å². The molecule has 4 heteroatoms. The highest BCUT2D eigenvalue weighted by Crippen LogP contribution is 2.45. The number of benzene rings is 4. The molecule has 174 valence electrons. The van der Waals surface area contributed by atoms with Crippen LogP contribution in [0.1, 0.15) is 41.8 Å². The molecule has 0 radical (unpaired) electrons. The van der Waals surface area contributed by atoms with Crippen molar-refractivity contribution in [3.05, 3.63) is 108 Å². The van der Waals surface area contributed by atoms with Crippen LogP contribution in [0.3, 0.4) is 0 Å². The van der Waals surface area contributed by atoms with Crippen LogP contribution in [0.15, 0.2) is 96.0 Å². The van der Waals surface area contributed by atoms with Crippen LogP contribution in [0.25, 0.3) is 10.8 Å². The van der Waals surface area contributed by atoms with E-state index in [1.54, 1.807) is 0 Å². The van der Waals surface area contributed by atoms with Gasteiger partial charge in [-0.3, -0.25) is 4.99 Å². The first-order valence-corrected chi connectivity index (χ1v) is 11.9. The number of rotatable bonds is 6. The van der Waals surface area contributed by atoms with Gasteiger partial charge in [0.15, 0.2) is 12.3 Å². The summed E-state index contributed by atoms with van der Waals surface area (Å²) < 4.78 is 7.28. The Hall–Kier alpha value is -4.05. The number of carbonyl (C=O) groups is 1. The van der Waals surface area contributed by atoms with Crippen LogP contribution in [-0.2, 0) is 16.7 Å². The number of para-hydroxylation sites is 1. The van der Waals surface area contributed by atoms with Gasteiger partial charge >= 0.3 is 5.97 Å². The lowest BCUT2D eigenvalue weighted by Gasteiger charge is -2.18. The quantitative estimate of drug-likeness (QED) is 0.176. The van der Waals surface area contributed by atoms with Crippen molar-refractivity contribution >= 4 is 40.0 Å².